The summed E-state index contributed by atoms with van der Waals surface area (Å²) in [5.74, 6) is 2.48. The van der Waals surface area contributed by atoms with Crippen molar-refractivity contribution in [3.8, 4) is 0 Å². The van der Waals surface area contributed by atoms with Crippen LogP contribution < -0.4 is 0 Å². The van der Waals surface area contributed by atoms with Gasteiger partial charge in [-0.05, 0) is 42.9 Å². The molecule has 4 atom stereocenters. The highest BCUT2D eigenvalue weighted by Crippen LogP contribution is 2.47. The molecule has 2 N–H and O–H groups in total. The van der Waals surface area contributed by atoms with Crippen LogP contribution in [-0.2, 0) is 9.59 Å². The average molecular weight is 387 g/mol. The molecule has 1 saturated carbocycles. The Hall–Kier alpha value is -1.06. The van der Waals surface area contributed by atoms with E-state index >= 15 is 0 Å². The number of carboxylic acids is 1. The summed E-state index contributed by atoms with van der Waals surface area (Å²) in [6.45, 7) is 10.6. The van der Waals surface area contributed by atoms with E-state index < -0.39 is 5.97 Å². The van der Waals surface area contributed by atoms with Crippen molar-refractivity contribution in [1.29, 1.82) is 0 Å². The summed E-state index contributed by atoms with van der Waals surface area (Å²) in [5, 5.41) is 16.0. The molecule has 4 heteroatoms. The Kier molecular flexibility index (Phi) is 20.5. The number of hydrogen-bond donors (Lipinski definition) is 2. The van der Waals surface area contributed by atoms with Gasteiger partial charge in [-0.15, -0.1) is 0 Å². The Morgan fingerprint density at radius 1 is 0.852 bits per heavy atom. The van der Waals surface area contributed by atoms with Crippen LogP contribution in [-0.4, -0.2) is 22.7 Å². The van der Waals surface area contributed by atoms with Crippen LogP contribution in [0, 0.1) is 23.7 Å². The molecule has 0 aliphatic heterocycles. The van der Waals surface area contributed by atoms with Crippen LogP contribution in [0.2, 0.25) is 0 Å². The maximum atomic E-state index is 11.1. The first-order valence-corrected chi connectivity index (χ1v) is 11.3. The van der Waals surface area contributed by atoms with Crippen molar-refractivity contribution in [2.75, 3.05) is 0 Å². The minimum absolute atomic E-state index is 0.250. The third-order valence-corrected chi connectivity index (χ3v) is 5.84. The lowest BCUT2D eigenvalue weighted by atomic mass is 9.61. The van der Waals surface area contributed by atoms with Gasteiger partial charge in [-0.3, -0.25) is 9.59 Å². The minimum atomic E-state index is -0.611. The molecule has 0 heterocycles. The van der Waals surface area contributed by atoms with Crippen LogP contribution in [0.4, 0.5) is 0 Å². The number of hydrogen-bond acceptors (Lipinski definition) is 2. The second-order valence-electron chi connectivity index (χ2n) is 7.54. The SMILES string of the molecule is CC.CCCCC1CCC(CCCC)C(CCC(=O)O)C1CCC.O=CO. The molecule has 1 aliphatic carbocycles. The summed E-state index contributed by atoms with van der Waals surface area (Å²) in [7, 11) is 0. The van der Waals surface area contributed by atoms with Gasteiger partial charge in [-0.1, -0.05) is 86.0 Å². The summed E-state index contributed by atoms with van der Waals surface area (Å²) in [6, 6.07) is 0. The molecular formula is C23H46O4. The molecule has 0 aromatic rings. The number of unbranched alkanes of at least 4 members (excludes halogenated alkanes) is 2. The zero-order valence-electron chi connectivity index (χ0n) is 18.6. The predicted octanol–water partition coefficient (Wildman–Crippen LogP) is 7.02. The lowest BCUT2D eigenvalue weighted by molar-refractivity contribution is -0.137. The van der Waals surface area contributed by atoms with Gasteiger partial charge in [0.15, 0.2) is 0 Å². The van der Waals surface area contributed by atoms with Gasteiger partial charge in [0.1, 0.15) is 0 Å². The number of aliphatic carboxylic acids is 1. The molecule has 4 nitrogen and oxygen atoms in total. The molecule has 0 bridgehead atoms. The molecule has 0 aromatic heterocycles. The first-order valence-electron chi connectivity index (χ1n) is 11.3. The predicted molar refractivity (Wildman–Crippen MR) is 114 cm³/mol. The van der Waals surface area contributed by atoms with E-state index in [-0.39, 0.29) is 6.47 Å². The van der Waals surface area contributed by atoms with E-state index in [1.807, 2.05) is 13.8 Å². The Morgan fingerprint density at radius 2 is 1.26 bits per heavy atom. The fraction of sp³-hybridized carbons (Fsp3) is 0.913. The summed E-state index contributed by atoms with van der Waals surface area (Å²) in [6.07, 6.45) is 14.5. The minimum Gasteiger partial charge on any atom is -0.483 e. The highest BCUT2D eigenvalue weighted by atomic mass is 16.4. The molecule has 0 amide bonds. The molecule has 162 valence electrons. The van der Waals surface area contributed by atoms with E-state index in [4.69, 9.17) is 15.0 Å². The van der Waals surface area contributed by atoms with Crippen molar-refractivity contribution >= 4 is 12.4 Å². The summed E-state index contributed by atoms with van der Waals surface area (Å²) in [5.41, 5.74) is 0. The summed E-state index contributed by atoms with van der Waals surface area (Å²) >= 11 is 0. The number of carboxylic acid groups (broad SMARTS) is 2. The van der Waals surface area contributed by atoms with Gasteiger partial charge >= 0.3 is 5.97 Å². The van der Waals surface area contributed by atoms with E-state index in [2.05, 4.69) is 20.8 Å². The van der Waals surface area contributed by atoms with Crippen molar-refractivity contribution in [2.24, 2.45) is 23.7 Å². The summed E-state index contributed by atoms with van der Waals surface area (Å²) < 4.78 is 0. The Labute approximate surface area is 168 Å². The highest BCUT2D eigenvalue weighted by molar-refractivity contribution is 5.66. The van der Waals surface area contributed by atoms with Gasteiger partial charge in [0.05, 0.1) is 0 Å². The highest BCUT2D eigenvalue weighted by Gasteiger charge is 2.37. The van der Waals surface area contributed by atoms with Gasteiger partial charge in [0, 0.05) is 6.42 Å². The molecule has 0 aromatic carbocycles. The van der Waals surface area contributed by atoms with E-state index in [0.29, 0.717) is 12.3 Å². The van der Waals surface area contributed by atoms with Crippen molar-refractivity contribution in [1.82, 2.24) is 0 Å². The van der Waals surface area contributed by atoms with E-state index in [1.165, 1.54) is 64.2 Å². The first kappa shape index (κ1) is 28.2. The van der Waals surface area contributed by atoms with Gasteiger partial charge in [-0.2, -0.15) is 0 Å². The Balaban J connectivity index is 0. The molecule has 1 fully saturated rings. The molecular weight excluding hydrogens is 340 g/mol. The number of rotatable bonds is 11. The standard InChI is InChI=1S/C20H38O2.C2H6.CH2O2/c1-4-7-10-16-12-13-17(11-8-5-2)19(14-15-20(21)22)18(16)9-6-3;1-2;2-1-3/h16-19H,4-15H2,1-3H3,(H,21,22);1-2H3;1H,(H,2,3). The normalized spacial score (nSPS) is 24.0. The van der Waals surface area contributed by atoms with Crippen LogP contribution >= 0.6 is 0 Å². The Morgan fingerprint density at radius 3 is 1.59 bits per heavy atom. The van der Waals surface area contributed by atoms with E-state index in [0.717, 1.165) is 24.2 Å². The number of carbonyl (C=O) groups is 2. The van der Waals surface area contributed by atoms with Crippen LogP contribution in [0.1, 0.15) is 112 Å². The quantitative estimate of drug-likeness (QED) is 0.374. The van der Waals surface area contributed by atoms with Crippen LogP contribution in [0.15, 0.2) is 0 Å². The lowest BCUT2D eigenvalue weighted by Gasteiger charge is -2.44. The molecule has 1 aliphatic rings. The first-order chi connectivity index (χ1) is 13.0. The second-order valence-corrected chi connectivity index (χ2v) is 7.54. The Bertz CT molecular complexity index is 343. The maximum Gasteiger partial charge on any atom is 0.303 e. The fourth-order valence-electron chi connectivity index (χ4n) is 4.73. The monoisotopic (exact) mass is 386 g/mol. The van der Waals surface area contributed by atoms with Gasteiger partial charge < -0.3 is 10.2 Å². The van der Waals surface area contributed by atoms with E-state index in [1.54, 1.807) is 0 Å². The molecule has 0 saturated heterocycles. The van der Waals surface area contributed by atoms with Gasteiger partial charge in [-0.25, -0.2) is 0 Å². The topological polar surface area (TPSA) is 74.6 Å². The van der Waals surface area contributed by atoms with Crippen molar-refractivity contribution in [3.05, 3.63) is 0 Å². The zero-order chi connectivity index (χ0) is 21.1. The van der Waals surface area contributed by atoms with Crippen LogP contribution in [0.3, 0.4) is 0 Å². The van der Waals surface area contributed by atoms with Crippen molar-refractivity contribution < 1.29 is 19.8 Å². The molecule has 27 heavy (non-hydrogen) atoms. The third kappa shape index (κ3) is 12.9. The third-order valence-electron chi connectivity index (χ3n) is 5.84. The van der Waals surface area contributed by atoms with Crippen LogP contribution in [0.25, 0.3) is 0 Å². The molecule has 0 spiro atoms. The van der Waals surface area contributed by atoms with Gasteiger partial charge in [0.25, 0.3) is 6.47 Å². The zero-order valence-corrected chi connectivity index (χ0v) is 18.6. The molecule has 1 rings (SSSR count). The molecule has 0 radical (unpaired) electrons. The van der Waals surface area contributed by atoms with Crippen LogP contribution in [0.5, 0.6) is 0 Å². The van der Waals surface area contributed by atoms with E-state index in [9.17, 15) is 4.79 Å². The summed E-state index contributed by atoms with van der Waals surface area (Å²) in [4.78, 5) is 19.4. The maximum absolute atomic E-state index is 11.1. The molecule has 4 unspecified atom stereocenters. The average Bonchev–Trinajstić information content (AvgIpc) is 2.66. The van der Waals surface area contributed by atoms with Crippen molar-refractivity contribution in [3.63, 3.8) is 0 Å². The van der Waals surface area contributed by atoms with Gasteiger partial charge in [0.2, 0.25) is 0 Å². The fourth-order valence-corrected chi connectivity index (χ4v) is 4.73. The smallest absolute Gasteiger partial charge is 0.303 e. The lowest BCUT2D eigenvalue weighted by Crippen LogP contribution is -2.35. The second kappa shape index (κ2) is 19.7. The largest absolute Gasteiger partial charge is 0.483 e. The van der Waals surface area contributed by atoms with Crippen molar-refractivity contribution in [2.45, 2.75) is 112 Å².